The summed E-state index contributed by atoms with van der Waals surface area (Å²) in [4.78, 5) is 6.79. The molecule has 162 valence electrons. The van der Waals surface area contributed by atoms with Crippen molar-refractivity contribution < 1.29 is 5.11 Å². The third-order valence-corrected chi connectivity index (χ3v) is 7.40. The van der Waals surface area contributed by atoms with Gasteiger partial charge < -0.3 is 19.8 Å². The van der Waals surface area contributed by atoms with Crippen molar-refractivity contribution in [2.75, 3.05) is 57.6 Å². The zero-order valence-electron chi connectivity index (χ0n) is 19.0. The lowest BCUT2D eigenvalue weighted by molar-refractivity contribution is -0.106. The lowest BCUT2D eigenvalue weighted by Crippen LogP contribution is -2.55. The van der Waals surface area contributed by atoms with Crippen molar-refractivity contribution in [1.29, 1.82) is 0 Å². The largest absolute Gasteiger partial charge is 0.385 e. The van der Waals surface area contributed by atoms with Gasteiger partial charge in [-0.2, -0.15) is 0 Å². The first-order chi connectivity index (χ1) is 14.4. The monoisotopic (exact) mass is 407 g/mol. The van der Waals surface area contributed by atoms with Crippen molar-refractivity contribution in [2.45, 2.75) is 31.3 Å². The number of fused-ring (bicyclic) bond motifs is 3. The summed E-state index contributed by atoms with van der Waals surface area (Å²) in [5.74, 6) is 0.941. The van der Waals surface area contributed by atoms with Crippen molar-refractivity contribution in [2.24, 2.45) is 11.8 Å². The van der Waals surface area contributed by atoms with E-state index in [1.807, 2.05) is 0 Å². The second kappa shape index (κ2) is 8.60. The quantitative estimate of drug-likeness (QED) is 0.752. The zero-order chi connectivity index (χ0) is 21.3. The van der Waals surface area contributed by atoms with Crippen LogP contribution in [0.2, 0.25) is 0 Å². The highest BCUT2D eigenvalue weighted by atomic mass is 16.3. The Morgan fingerprint density at radius 1 is 0.867 bits per heavy atom. The third kappa shape index (κ3) is 4.21. The van der Waals surface area contributed by atoms with E-state index >= 15 is 0 Å². The molecule has 2 atom stereocenters. The Bertz CT molecular complexity index is 822. The highest BCUT2D eigenvalue weighted by Gasteiger charge is 2.47. The summed E-state index contributed by atoms with van der Waals surface area (Å²) in [6, 6.07) is 17.4. The number of aliphatic hydroxyl groups is 1. The maximum Gasteiger partial charge on any atom is 0.0942 e. The third-order valence-electron chi connectivity index (χ3n) is 7.40. The lowest BCUT2D eigenvalue weighted by atomic mass is 9.66. The molecule has 3 saturated heterocycles. The Hall–Kier alpha value is -2.04. The van der Waals surface area contributed by atoms with Crippen LogP contribution in [-0.4, -0.2) is 57.8 Å². The summed E-state index contributed by atoms with van der Waals surface area (Å²) in [6.45, 7) is 3.42. The number of hydrogen-bond acceptors (Lipinski definition) is 4. The standard InChI is InChI=1S/C26H37N3O/c1-27(2)23-9-5-20(6-10-23)13-16-26(30,22-7-11-24(12-8-22)28(3)4)25-19-29-17-14-21(25)15-18-29/h5-12,21,25,30H,13-19H2,1-4H3. The van der Waals surface area contributed by atoms with Gasteiger partial charge in [-0.05, 0) is 80.1 Å². The van der Waals surface area contributed by atoms with Gasteiger partial charge in [0.05, 0.1) is 5.60 Å². The topological polar surface area (TPSA) is 30.0 Å². The van der Waals surface area contributed by atoms with Gasteiger partial charge in [0, 0.05) is 52.0 Å². The summed E-state index contributed by atoms with van der Waals surface area (Å²) in [7, 11) is 8.26. The first kappa shape index (κ1) is 21.2. The second-order valence-corrected chi connectivity index (χ2v) is 9.67. The van der Waals surface area contributed by atoms with E-state index in [0.29, 0.717) is 11.8 Å². The van der Waals surface area contributed by atoms with Gasteiger partial charge in [-0.25, -0.2) is 0 Å². The van der Waals surface area contributed by atoms with Gasteiger partial charge in [0.15, 0.2) is 0 Å². The molecule has 0 radical (unpaired) electrons. The average molecular weight is 408 g/mol. The molecule has 3 aliphatic rings. The Balaban J connectivity index is 1.59. The fraction of sp³-hybridized carbons (Fsp3) is 0.538. The Morgan fingerprint density at radius 2 is 1.40 bits per heavy atom. The fourth-order valence-corrected chi connectivity index (χ4v) is 5.39. The second-order valence-electron chi connectivity index (χ2n) is 9.67. The highest BCUT2D eigenvalue weighted by Crippen LogP contribution is 2.46. The average Bonchev–Trinajstić information content (AvgIpc) is 2.78. The van der Waals surface area contributed by atoms with Crippen molar-refractivity contribution in [3.8, 4) is 0 Å². The van der Waals surface area contributed by atoms with Crippen LogP contribution in [0.1, 0.15) is 30.4 Å². The van der Waals surface area contributed by atoms with Crippen molar-refractivity contribution >= 4 is 11.4 Å². The molecule has 3 heterocycles. The Kier molecular flexibility index (Phi) is 6.08. The van der Waals surface area contributed by atoms with Gasteiger partial charge in [-0.15, -0.1) is 0 Å². The van der Waals surface area contributed by atoms with E-state index in [-0.39, 0.29) is 0 Å². The number of aryl methyl sites for hydroxylation is 1. The van der Waals surface area contributed by atoms with Crippen molar-refractivity contribution in [1.82, 2.24) is 4.90 Å². The van der Waals surface area contributed by atoms with Crippen LogP contribution in [0.4, 0.5) is 11.4 Å². The van der Waals surface area contributed by atoms with Crippen molar-refractivity contribution in [3.05, 3.63) is 59.7 Å². The van der Waals surface area contributed by atoms with Gasteiger partial charge >= 0.3 is 0 Å². The van der Waals surface area contributed by atoms with E-state index in [2.05, 4.69) is 91.4 Å². The van der Waals surface area contributed by atoms with Gasteiger partial charge in [-0.1, -0.05) is 24.3 Å². The SMILES string of the molecule is CN(C)c1ccc(CCC(O)(c2ccc(N(C)C)cc2)C2CN3CCC2CC3)cc1. The van der Waals surface area contributed by atoms with Crippen LogP contribution in [0.25, 0.3) is 0 Å². The molecule has 0 amide bonds. The van der Waals surface area contributed by atoms with E-state index in [0.717, 1.165) is 24.9 Å². The molecule has 2 bridgehead atoms. The molecule has 30 heavy (non-hydrogen) atoms. The lowest BCUT2D eigenvalue weighted by Gasteiger charge is -2.51. The van der Waals surface area contributed by atoms with Crippen LogP contribution >= 0.6 is 0 Å². The summed E-state index contributed by atoms with van der Waals surface area (Å²) in [5, 5.41) is 12.2. The van der Waals surface area contributed by atoms with Gasteiger partial charge in [-0.3, -0.25) is 0 Å². The molecule has 2 aromatic carbocycles. The highest BCUT2D eigenvalue weighted by molar-refractivity contribution is 5.48. The maximum atomic E-state index is 12.2. The number of hydrogen-bond donors (Lipinski definition) is 1. The summed E-state index contributed by atoms with van der Waals surface area (Å²) in [6.07, 6.45) is 4.11. The van der Waals surface area contributed by atoms with Crippen LogP contribution in [0.15, 0.2) is 48.5 Å². The fourth-order valence-electron chi connectivity index (χ4n) is 5.39. The van der Waals surface area contributed by atoms with Crippen LogP contribution < -0.4 is 9.80 Å². The minimum absolute atomic E-state index is 0.311. The smallest absolute Gasteiger partial charge is 0.0942 e. The zero-order valence-corrected chi connectivity index (χ0v) is 19.0. The number of benzene rings is 2. The van der Waals surface area contributed by atoms with Gasteiger partial charge in [0.1, 0.15) is 0 Å². The van der Waals surface area contributed by atoms with E-state index in [9.17, 15) is 5.11 Å². The Morgan fingerprint density at radius 3 is 1.87 bits per heavy atom. The van der Waals surface area contributed by atoms with Crippen LogP contribution in [0.5, 0.6) is 0 Å². The predicted molar refractivity (Wildman–Crippen MR) is 126 cm³/mol. The van der Waals surface area contributed by atoms with E-state index in [1.54, 1.807) is 0 Å². The minimum Gasteiger partial charge on any atom is -0.385 e. The van der Waals surface area contributed by atoms with E-state index in [1.165, 1.54) is 42.9 Å². The first-order valence-electron chi connectivity index (χ1n) is 11.4. The van der Waals surface area contributed by atoms with E-state index in [4.69, 9.17) is 0 Å². The molecule has 4 nitrogen and oxygen atoms in total. The minimum atomic E-state index is -0.783. The molecule has 4 heteroatoms. The molecule has 0 saturated carbocycles. The number of piperidine rings is 3. The van der Waals surface area contributed by atoms with Gasteiger partial charge in [0.2, 0.25) is 0 Å². The van der Waals surface area contributed by atoms with Crippen LogP contribution in [-0.2, 0) is 12.0 Å². The molecule has 1 N–H and O–H groups in total. The maximum absolute atomic E-state index is 12.2. The van der Waals surface area contributed by atoms with E-state index < -0.39 is 5.60 Å². The molecule has 2 aromatic rings. The normalized spacial score (nSPS) is 25.0. The number of rotatable bonds is 7. The molecule has 2 unspecified atom stereocenters. The molecule has 3 fully saturated rings. The first-order valence-corrected chi connectivity index (χ1v) is 11.4. The molecule has 5 rings (SSSR count). The molecule has 0 spiro atoms. The Labute approximate surface area is 182 Å². The molecular weight excluding hydrogens is 370 g/mol. The molecule has 0 aromatic heterocycles. The molecule has 3 aliphatic heterocycles. The van der Waals surface area contributed by atoms with Gasteiger partial charge in [0.25, 0.3) is 0 Å². The summed E-state index contributed by atoms with van der Waals surface area (Å²) >= 11 is 0. The number of nitrogens with zero attached hydrogens (tertiary/aromatic N) is 3. The summed E-state index contributed by atoms with van der Waals surface area (Å²) < 4.78 is 0. The molecule has 0 aliphatic carbocycles. The van der Waals surface area contributed by atoms with Crippen LogP contribution in [0.3, 0.4) is 0 Å². The predicted octanol–water partition coefficient (Wildman–Crippen LogP) is 3.98. The van der Waals surface area contributed by atoms with Crippen molar-refractivity contribution in [3.63, 3.8) is 0 Å². The number of anilines is 2. The summed E-state index contributed by atoms with van der Waals surface area (Å²) in [5.41, 5.74) is 3.98. The van der Waals surface area contributed by atoms with Crippen LogP contribution in [0, 0.1) is 11.8 Å². The molecular formula is C26H37N3O.